The van der Waals surface area contributed by atoms with Gasteiger partial charge in [-0.2, -0.15) is 13.2 Å². The quantitative estimate of drug-likeness (QED) is 0.154. The zero-order valence-corrected chi connectivity index (χ0v) is 28.4. The first-order valence-electron chi connectivity index (χ1n) is 16.1. The van der Waals surface area contributed by atoms with Gasteiger partial charge < -0.3 is 24.6 Å². The van der Waals surface area contributed by atoms with E-state index >= 15 is 0 Å². The number of alkyl halides is 3. The second kappa shape index (κ2) is 14.0. The Morgan fingerprint density at radius 2 is 1.78 bits per heavy atom. The number of aliphatic hydroxyl groups is 1. The van der Waals surface area contributed by atoms with E-state index in [0.717, 1.165) is 30.5 Å². The molecule has 6 rings (SSSR count). The Hall–Kier alpha value is -4.88. The molecule has 1 aliphatic heterocycles. The van der Waals surface area contributed by atoms with Crippen LogP contribution < -0.4 is 14.8 Å². The van der Waals surface area contributed by atoms with E-state index in [1.165, 1.54) is 48.4 Å². The highest BCUT2D eigenvalue weighted by atomic mass is 35.5. The summed E-state index contributed by atoms with van der Waals surface area (Å²) in [5, 5.41) is 13.4. The fraction of sp³-hybridized carbons (Fsp3) is 0.324. The summed E-state index contributed by atoms with van der Waals surface area (Å²) in [6, 6.07) is 19.2. The second-order valence-corrected chi connectivity index (χ2v) is 13.1. The minimum Gasteiger partial charge on any atom is -0.493 e. The first-order chi connectivity index (χ1) is 24.2. The SMILES string of the molecule is COc1cc(C(=O)NCC(O)(c2cc([C@@]3(C)CCN3C(=O)OCc3ccccc3)cc(-c3ccc(F)c(Cl)c3)n2)C(F)(F)F)ccc1OC1CC1. The average molecular weight is 728 g/mol. The van der Waals surface area contributed by atoms with Crippen LogP contribution >= 0.6 is 11.6 Å². The minimum absolute atomic E-state index is 0.0250. The Morgan fingerprint density at radius 1 is 1.04 bits per heavy atom. The van der Waals surface area contributed by atoms with E-state index in [-0.39, 0.29) is 52.4 Å². The van der Waals surface area contributed by atoms with Crippen LogP contribution in [0, 0.1) is 5.82 Å². The summed E-state index contributed by atoms with van der Waals surface area (Å²) >= 11 is 6.02. The predicted octanol–water partition coefficient (Wildman–Crippen LogP) is 7.53. The largest absolute Gasteiger partial charge is 0.493 e. The van der Waals surface area contributed by atoms with Gasteiger partial charge in [0.2, 0.25) is 5.60 Å². The number of ether oxygens (including phenoxy) is 3. The topological polar surface area (TPSA) is 110 Å². The molecule has 2 atom stereocenters. The van der Waals surface area contributed by atoms with Gasteiger partial charge in [0.05, 0.1) is 41.7 Å². The molecule has 1 saturated heterocycles. The number of amides is 2. The monoisotopic (exact) mass is 727 g/mol. The lowest BCUT2D eigenvalue weighted by atomic mass is 9.79. The number of benzene rings is 3. The molecule has 51 heavy (non-hydrogen) atoms. The third-order valence-electron chi connectivity index (χ3n) is 9.15. The number of rotatable bonds is 11. The maximum Gasteiger partial charge on any atom is 0.424 e. The normalized spacial score (nSPS) is 18.3. The molecule has 3 aromatic carbocycles. The van der Waals surface area contributed by atoms with Crippen molar-refractivity contribution in [2.45, 2.75) is 56.2 Å². The van der Waals surface area contributed by atoms with Crippen molar-refractivity contribution < 1.29 is 46.5 Å². The number of carbonyl (C=O) groups is 2. The van der Waals surface area contributed by atoms with Crippen LogP contribution in [0.3, 0.4) is 0 Å². The fourth-order valence-electron chi connectivity index (χ4n) is 5.72. The summed E-state index contributed by atoms with van der Waals surface area (Å²) in [4.78, 5) is 32.0. The maximum absolute atomic E-state index is 15.0. The van der Waals surface area contributed by atoms with Crippen molar-refractivity contribution in [3.8, 4) is 22.8 Å². The number of aromatic nitrogens is 1. The van der Waals surface area contributed by atoms with Gasteiger partial charge in [-0.25, -0.2) is 14.2 Å². The Kier molecular flexibility index (Phi) is 9.88. The molecule has 4 aromatic rings. The highest BCUT2D eigenvalue weighted by molar-refractivity contribution is 6.31. The molecule has 1 aromatic heterocycles. The lowest BCUT2D eigenvalue weighted by Crippen LogP contribution is -2.58. The van der Waals surface area contributed by atoms with E-state index in [4.69, 9.17) is 25.8 Å². The van der Waals surface area contributed by atoms with Crippen molar-refractivity contribution in [3.63, 3.8) is 0 Å². The molecule has 0 spiro atoms. The molecule has 1 unspecified atom stereocenters. The van der Waals surface area contributed by atoms with Crippen LogP contribution in [0.2, 0.25) is 5.02 Å². The summed E-state index contributed by atoms with van der Waals surface area (Å²) in [6.45, 7) is 0.548. The van der Waals surface area contributed by atoms with Crippen LogP contribution in [0.5, 0.6) is 11.5 Å². The number of hydrogen-bond acceptors (Lipinski definition) is 7. The maximum atomic E-state index is 15.0. The number of pyridine rings is 1. The predicted molar refractivity (Wildman–Crippen MR) is 179 cm³/mol. The molecule has 2 aliphatic rings. The minimum atomic E-state index is -5.35. The molecule has 0 bridgehead atoms. The Morgan fingerprint density at radius 3 is 2.41 bits per heavy atom. The van der Waals surface area contributed by atoms with Gasteiger partial charge in [0.25, 0.3) is 5.91 Å². The van der Waals surface area contributed by atoms with E-state index in [1.54, 1.807) is 31.2 Å². The summed E-state index contributed by atoms with van der Waals surface area (Å²) in [5.74, 6) is -1.07. The van der Waals surface area contributed by atoms with Gasteiger partial charge in [-0.1, -0.05) is 41.9 Å². The van der Waals surface area contributed by atoms with Crippen molar-refractivity contribution >= 4 is 23.6 Å². The van der Waals surface area contributed by atoms with Gasteiger partial charge in [0.1, 0.15) is 12.4 Å². The number of nitrogens with zero attached hydrogens (tertiary/aromatic N) is 2. The van der Waals surface area contributed by atoms with Gasteiger partial charge in [0.15, 0.2) is 11.5 Å². The summed E-state index contributed by atoms with van der Waals surface area (Å²) in [7, 11) is 1.37. The van der Waals surface area contributed by atoms with E-state index in [9.17, 15) is 32.3 Å². The van der Waals surface area contributed by atoms with Crippen LogP contribution in [-0.2, 0) is 22.5 Å². The number of hydrogen-bond donors (Lipinski definition) is 2. The molecule has 2 N–H and O–H groups in total. The molecule has 1 aliphatic carbocycles. The van der Waals surface area contributed by atoms with Gasteiger partial charge in [-0.15, -0.1) is 0 Å². The van der Waals surface area contributed by atoms with Crippen molar-refractivity contribution in [1.29, 1.82) is 0 Å². The second-order valence-electron chi connectivity index (χ2n) is 12.7. The van der Waals surface area contributed by atoms with Gasteiger partial charge in [0, 0.05) is 17.7 Å². The van der Waals surface area contributed by atoms with Gasteiger partial charge in [-0.3, -0.25) is 9.69 Å². The van der Waals surface area contributed by atoms with E-state index in [0.29, 0.717) is 12.2 Å². The molecule has 2 fully saturated rings. The van der Waals surface area contributed by atoms with Crippen LogP contribution in [0.1, 0.15) is 53.4 Å². The molecule has 0 radical (unpaired) electrons. The Bertz CT molecular complexity index is 1940. The average Bonchev–Trinajstić information content (AvgIpc) is 3.94. The fourth-order valence-corrected chi connectivity index (χ4v) is 5.90. The molecule has 2 heterocycles. The first-order valence-corrected chi connectivity index (χ1v) is 16.5. The van der Waals surface area contributed by atoms with E-state index in [2.05, 4.69) is 10.3 Å². The number of nitrogens with one attached hydrogen (secondary N) is 1. The lowest BCUT2D eigenvalue weighted by molar-refractivity contribution is -0.265. The van der Waals surface area contributed by atoms with Gasteiger partial charge in [-0.05, 0) is 85.8 Å². The van der Waals surface area contributed by atoms with E-state index < -0.39 is 47.4 Å². The number of methoxy groups -OCH3 is 1. The van der Waals surface area contributed by atoms with Crippen LogP contribution in [-0.4, -0.2) is 59.5 Å². The Labute approximate surface area is 296 Å². The third-order valence-corrected chi connectivity index (χ3v) is 9.44. The number of likely N-dealkylation sites (tertiary alicyclic amines) is 1. The molecule has 268 valence electrons. The molecular weight excluding hydrogens is 694 g/mol. The zero-order valence-electron chi connectivity index (χ0n) is 27.6. The lowest BCUT2D eigenvalue weighted by Gasteiger charge is -2.50. The molecule has 2 amide bonds. The van der Waals surface area contributed by atoms with Crippen molar-refractivity contribution in [3.05, 3.63) is 112 Å². The zero-order chi connectivity index (χ0) is 36.6. The molecular formula is C37H34ClF4N3O6. The standard InChI is InChI=1S/C37H34ClF4N3O6/c1-35(14-15-45(35)34(47)50-20-22-6-4-3-5-7-22)25-18-29(23-8-12-28(39)27(38)16-23)44-32(19-25)36(48,37(40,41)42)21-43-33(46)24-9-13-30(31(17-24)49-2)51-26-10-11-26/h3-9,12-13,16-19,26,48H,10-11,14-15,20-21H2,1-2H3,(H,43,46)/t35-,36?/m1/s1. The van der Waals surface area contributed by atoms with Crippen molar-refractivity contribution in [2.24, 2.45) is 0 Å². The van der Waals surface area contributed by atoms with Gasteiger partial charge >= 0.3 is 12.3 Å². The van der Waals surface area contributed by atoms with Crippen molar-refractivity contribution in [1.82, 2.24) is 15.2 Å². The summed E-state index contributed by atoms with van der Waals surface area (Å²) in [6.07, 6.45) is -3.92. The van der Waals surface area contributed by atoms with Crippen LogP contribution in [0.4, 0.5) is 22.4 Å². The summed E-state index contributed by atoms with van der Waals surface area (Å²) in [5.41, 5.74) is -4.78. The summed E-state index contributed by atoms with van der Waals surface area (Å²) < 4.78 is 75.5. The third kappa shape index (κ3) is 7.45. The van der Waals surface area contributed by atoms with E-state index in [1.807, 2.05) is 6.07 Å². The number of carbonyl (C=O) groups excluding carboxylic acids is 2. The Balaban J connectivity index is 1.33. The van der Waals surface area contributed by atoms with Crippen molar-refractivity contribution in [2.75, 3.05) is 20.2 Å². The number of halogens is 5. The highest BCUT2D eigenvalue weighted by Gasteiger charge is 2.57. The first kappa shape index (κ1) is 35.9. The van der Waals surface area contributed by atoms with Crippen LogP contribution in [0.25, 0.3) is 11.3 Å². The highest BCUT2D eigenvalue weighted by Crippen LogP contribution is 2.45. The molecule has 1 saturated carbocycles. The molecule has 9 nitrogen and oxygen atoms in total. The van der Waals surface area contributed by atoms with Crippen LogP contribution in [0.15, 0.2) is 78.9 Å². The molecule has 14 heteroatoms. The smallest absolute Gasteiger partial charge is 0.424 e.